The highest BCUT2D eigenvalue weighted by Gasteiger charge is 2.28. The van der Waals surface area contributed by atoms with Crippen LogP contribution in [0.5, 0.6) is 0 Å². The van der Waals surface area contributed by atoms with Crippen molar-refractivity contribution in [2.45, 2.75) is 18.7 Å². The Hall–Kier alpha value is -1.13. The van der Waals surface area contributed by atoms with Gasteiger partial charge in [-0.05, 0) is 12.1 Å². The summed E-state index contributed by atoms with van der Waals surface area (Å²) in [7, 11) is 1.82. The number of nitrogens with two attached hydrogens (primary N) is 1. The van der Waals surface area contributed by atoms with Crippen molar-refractivity contribution < 1.29 is 5.11 Å². The van der Waals surface area contributed by atoms with E-state index < -0.39 is 6.23 Å². The van der Waals surface area contributed by atoms with Gasteiger partial charge in [-0.25, -0.2) is 0 Å². The van der Waals surface area contributed by atoms with Crippen molar-refractivity contribution in [1.29, 1.82) is 0 Å². The SMILES string of the molecule is CN1c2cccnc2CC(N)C1O. The van der Waals surface area contributed by atoms with Crippen LogP contribution in [0.25, 0.3) is 0 Å². The smallest absolute Gasteiger partial charge is 0.142 e. The molecule has 4 nitrogen and oxygen atoms in total. The molecule has 13 heavy (non-hydrogen) atoms. The maximum absolute atomic E-state index is 9.67. The second kappa shape index (κ2) is 2.97. The number of likely N-dealkylation sites (N-methyl/N-ethyl adjacent to an activating group) is 1. The first kappa shape index (κ1) is 8.47. The zero-order valence-corrected chi connectivity index (χ0v) is 7.51. The van der Waals surface area contributed by atoms with Gasteiger partial charge in [-0.3, -0.25) is 4.98 Å². The summed E-state index contributed by atoms with van der Waals surface area (Å²) in [5, 5.41) is 9.67. The molecule has 0 fully saturated rings. The standard InChI is InChI=1S/C9H13N3O/c1-12-8-3-2-4-11-7(8)5-6(10)9(12)13/h2-4,6,9,13H,5,10H2,1H3. The lowest BCUT2D eigenvalue weighted by Gasteiger charge is -2.35. The van der Waals surface area contributed by atoms with Crippen molar-refractivity contribution in [1.82, 2.24) is 4.98 Å². The molecule has 0 spiro atoms. The Kier molecular flexibility index (Phi) is 1.94. The second-order valence-electron chi connectivity index (χ2n) is 3.36. The molecule has 3 N–H and O–H groups in total. The first-order valence-electron chi connectivity index (χ1n) is 4.30. The summed E-state index contributed by atoms with van der Waals surface area (Å²) in [5.74, 6) is 0. The van der Waals surface area contributed by atoms with Gasteiger partial charge in [-0.2, -0.15) is 0 Å². The van der Waals surface area contributed by atoms with Crippen LogP contribution in [0.3, 0.4) is 0 Å². The van der Waals surface area contributed by atoms with Crippen LogP contribution < -0.4 is 10.6 Å². The van der Waals surface area contributed by atoms with Gasteiger partial charge in [0.05, 0.1) is 17.4 Å². The average Bonchev–Trinajstić information content (AvgIpc) is 2.15. The van der Waals surface area contributed by atoms with Crippen LogP contribution in [0.2, 0.25) is 0 Å². The van der Waals surface area contributed by atoms with Crippen LogP contribution in [0.4, 0.5) is 5.69 Å². The predicted molar refractivity (Wildman–Crippen MR) is 50.3 cm³/mol. The van der Waals surface area contributed by atoms with Crippen LogP contribution in [-0.2, 0) is 6.42 Å². The third kappa shape index (κ3) is 1.28. The average molecular weight is 179 g/mol. The molecule has 1 aliphatic heterocycles. The highest BCUT2D eigenvalue weighted by molar-refractivity contribution is 5.52. The molecule has 0 radical (unpaired) electrons. The molecule has 2 heterocycles. The number of hydrogen-bond donors (Lipinski definition) is 2. The normalized spacial score (nSPS) is 27.2. The Balaban J connectivity index is 2.43. The van der Waals surface area contributed by atoms with Gasteiger partial charge < -0.3 is 15.7 Å². The first-order valence-corrected chi connectivity index (χ1v) is 4.30. The molecule has 4 heteroatoms. The summed E-state index contributed by atoms with van der Waals surface area (Å²) < 4.78 is 0. The molecule has 0 amide bonds. The van der Waals surface area contributed by atoms with Gasteiger partial charge in [0.25, 0.3) is 0 Å². The lowest BCUT2D eigenvalue weighted by Crippen LogP contribution is -2.51. The van der Waals surface area contributed by atoms with Crippen LogP contribution in [0, 0.1) is 0 Å². The summed E-state index contributed by atoms with van der Waals surface area (Å²) in [6.45, 7) is 0. The van der Waals surface area contributed by atoms with E-state index in [1.165, 1.54) is 0 Å². The number of nitrogens with zero attached hydrogens (tertiary/aromatic N) is 2. The van der Waals surface area contributed by atoms with Gasteiger partial charge in [-0.15, -0.1) is 0 Å². The fourth-order valence-corrected chi connectivity index (χ4v) is 1.67. The fourth-order valence-electron chi connectivity index (χ4n) is 1.67. The number of aromatic nitrogens is 1. The highest BCUT2D eigenvalue weighted by Crippen LogP contribution is 2.25. The zero-order chi connectivity index (χ0) is 9.42. The van der Waals surface area contributed by atoms with Gasteiger partial charge in [-0.1, -0.05) is 0 Å². The van der Waals surface area contributed by atoms with Crippen LogP contribution in [0.15, 0.2) is 18.3 Å². The third-order valence-corrected chi connectivity index (χ3v) is 2.46. The molecule has 2 atom stereocenters. The van der Waals surface area contributed by atoms with E-state index in [-0.39, 0.29) is 6.04 Å². The zero-order valence-electron chi connectivity index (χ0n) is 7.51. The molecule has 0 aliphatic carbocycles. The minimum absolute atomic E-state index is 0.243. The molecule has 0 saturated heterocycles. The molecular weight excluding hydrogens is 166 g/mol. The minimum Gasteiger partial charge on any atom is -0.372 e. The monoisotopic (exact) mass is 179 g/mol. The van der Waals surface area contributed by atoms with Gasteiger partial charge in [0.2, 0.25) is 0 Å². The van der Waals surface area contributed by atoms with E-state index in [2.05, 4.69) is 4.98 Å². The number of rotatable bonds is 0. The van der Waals surface area contributed by atoms with Gasteiger partial charge in [0, 0.05) is 19.7 Å². The summed E-state index contributed by atoms with van der Waals surface area (Å²) in [6, 6.07) is 3.56. The lowest BCUT2D eigenvalue weighted by molar-refractivity contribution is 0.138. The molecule has 1 aromatic rings. The Morgan fingerprint density at radius 2 is 2.46 bits per heavy atom. The van der Waals surface area contributed by atoms with Crippen molar-refractivity contribution in [3.8, 4) is 0 Å². The van der Waals surface area contributed by atoms with Gasteiger partial charge in [0.15, 0.2) is 0 Å². The summed E-state index contributed by atoms with van der Waals surface area (Å²) in [5.41, 5.74) is 7.68. The molecule has 1 aromatic heterocycles. The molecule has 0 saturated carbocycles. The molecule has 2 unspecified atom stereocenters. The Bertz CT molecular complexity index is 315. The Labute approximate surface area is 77.0 Å². The van der Waals surface area contributed by atoms with E-state index in [1.54, 1.807) is 11.1 Å². The topological polar surface area (TPSA) is 62.4 Å². The number of fused-ring (bicyclic) bond motifs is 1. The quantitative estimate of drug-likeness (QED) is 0.575. The summed E-state index contributed by atoms with van der Waals surface area (Å²) in [4.78, 5) is 5.98. The number of pyridine rings is 1. The van der Waals surface area contributed by atoms with Crippen LogP contribution >= 0.6 is 0 Å². The molecule has 0 bridgehead atoms. The van der Waals surface area contributed by atoms with Crippen molar-refractivity contribution in [2.75, 3.05) is 11.9 Å². The maximum Gasteiger partial charge on any atom is 0.142 e. The predicted octanol–water partition coefficient (Wildman–Crippen LogP) is -0.280. The third-order valence-electron chi connectivity index (χ3n) is 2.46. The van der Waals surface area contributed by atoms with Crippen molar-refractivity contribution in [3.05, 3.63) is 24.0 Å². The van der Waals surface area contributed by atoms with Gasteiger partial charge >= 0.3 is 0 Å². The van der Waals surface area contributed by atoms with Crippen molar-refractivity contribution in [3.63, 3.8) is 0 Å². The number of aliphatic hydroxyl groups is 1. The highest BCUT2D eigenvalue weighted by atomic mass is 16.3. The molecule has 70 valence electrons. The first-order chi connectivity index (χ1) is 6.20. The Morgan fingerprint density at radius 1 is 1.69 bits per heavy atom. The van der Waals surface area contributed by atoms with E-state index in [1.807, 2.05) is 19.2 Å². The van der Waals surface area contributed by atoms with E-state index in [4.69, 9.17) is 5.73 Å². The maximum atomic E-state index is 9.67. The van der Waals surface area contributed by atoms with Crippen molar-refractivity contribution >= 4 is 5.69 Å². The largest absolute Gasteiger partial charge is 0.372 e. The minimum atomic E-state index is -0.600. The lowest BCUT2D eigenvalue weighted by atomic mass is 10.0. The number of aliphatic hydroxyl groups excluding tert-OH is 1. The summed E-state index contributed by atoms with van der Waals surface area (Å²) in [6.07, 6.45) is 1.79. The molecular formula is C9H13N3O. The Morgan fingerprint density at radius 3 is 3.23 bits per heavy atom. The number of anilines is 1. The van der Waals surface area contributed by atoms with E-state index >= 15 is 0 Å². The molecule has 2 rings (SSSR count). The fraction of sp³-hybridized carbons (Fsp3) is 0.444. The van der Waals surface area contributed by atoms with Crippen molar-refractivity contribution in [2.24, 2.45) is 5.73 Å². The van der Waals surface area contributed by atoms with E-state index in [0.717, 1.165) is 11.4 Å². The molecule has 1 aliphatic rings. The van der Waals surface area contributed by atoms with Crippen LogP contribution in [-0.4, -0.2) is 29.4 Å². The number of hydrogen-bond acceptors (Lipinski definition) is 4. The van der Waals surface area contributed by atoms with Crippen LogP contribution in [0.1, 0.15) is 5.69 Å². The summed E-state index contributed by atoms with van der Waals surface area (Å²) >= 11 is 0. The van der Waals surface area contributed by atoms with E-state index in [9.17, 15) is 5.11 Å². The van der Waals surface area contributed by atoms with Gasteiger partial charge in [0.1, 0.15) is 6.23 Å². The van der Waals surface area contributed by atoms with E-state index in [0.29, 0.717) is 6.42 Å². The second-order valence-corrected chi connectivity index (χ2v) is 3.36. The molecule has 0 aromatic carbocycles.